The van der Waals surface area contributed by atoms with Gasteiger partial charge in [0.2, 0.25) is 0 Å². The van der Waals surface area contributed by atoms with Gasteiger partial charge in [-0.3, -0.25) is 4.79 Å². The van der Waals surface area contributed by atoms with Crippen molar-refractivity contribution in [3.05, 3.63) is 28.2 Å². The Morgan fingerprint density at radius 3 is 2.57 bits per heavy atom. The molecule has 0 saturated heterocycles. The number of hydrogen-bond donors (Lipinski definition) is 1. The van der Waals surface area contributed by atoms with Crippen molar-refractivity contribution >= 4 is 41.6 Å². The zero-order valence-corrected chi connectivity index (χ0v) is 15.2. The van der Waals surface area contributed by atoms with E-state index in [1.54, 1.807) is 6.07 Å². The third kappa shape index (κ3) is 6.36. The Morgan fingerprint density at radius 2 is 2.00 bits per heavy atom. The van der Waals surface area contributed by atoms with Gasteiger partial charge in [-0.25, -0.2) is 8.42 Å². The van der Waals surface area contributed by atoms with Crippen LogP contribution in [-0.2, 0) is 9.05 Å². The van der Waals surface area contributed by atoms with Crippen molar-refractivity contribution in [2.45, 2.75) is 38.0 Å². The lowest BCUT2D eigenvalue weighted by molar-refractivity contribution is 0.0952. The first-order chi connectivity index (χ1) is 9.71. The summed E-state index contributed by atoms with van der Waals surface area (Å²) in [4.78, 5) is 11.9. The maximum absolute atomic E-state index is 12.0. The van der Waals surface area contributed by atoms with Gasteiger partial charge in [0.25, 0.3) is 15.0 Å². The maximum atomic E-state index is 12.0. The highest BCUT2D eigenvalue weighted by Gasteiger charge is 2.17. The minimum atomic E-state index is -3.88. The van der Waals surface area contributed by atoms with Crippen molar-refractivity contribution < 1.29 is 13.2 Å². The number of nitrogens with one attached hydrogen (secondary N) is 1. The molecule has 0 saturated carbocycles. The smallest absolute Gasteiger partial charge is 0.262 e. The molecule has 0 fully saturated rings. The molecule has 0 aliphatic rings. The topological polar surface area (TPSA) is 63.2 Å². The minimum Gasteiger partial charge on any atom is -0.352 e. The highest BCUT2D eigenvalue weighted by atomic mass is 79.9. The molecule has 0 aromatic heterocycles. The highest BCUT2D eigenvalue weighted by molar-refractivity contribution is 9.10. The maximum Gasteiger partial charge on any atom is 0.262 e. The van der Waals surface area contributed by atoms with Crippen molar-refractivity contribution in [1.82, 2.24) is 5.32 Å². The van der Waals surface area contributed by atoms with Gasteiger partial charge < -0.3 is 5.32 Å². The first-order valence-corrected chi connectivity index (χ1v) is 9.84. The predicted octanol–water partition coefficient (Wildman–Crippen LogP) is 3.93. The molecule has 0 heterocycles. The molecule has 1 N–H and O–H groups in total. The van der Waals surface area contributed by atoms with E-state index >= 15 is 0 Å². The molecule has 0 atom stereocenters. The quantitative estimate of drug-likeness (QED) is 0.561. The molecule has 0 aliphatic carbocycles. The van der Waals surface area contributed by atoms with Gasteiger partial charge in [0.1, 0.15) is 0 Å². The summed E-state index contributed by atoms with van der Waals surface area (Å²) in [5.41, 5.74) is 0.279. The van der Waals surface area contributed by atoms with Crippen molar-refractivity contribution in [2.75, 3.05) is 6.54 Å². The highest BCUT2D eigenvalue weighted by Crippen LogP contribution is 2.26. The zero-order chi connectivity index (χ0) is 16.0. The molecule has 1 aromatic rings. The van der Waals surface area contributed by atoms with Gasteiger partial charge in [-0.2, -0.15) is 0 Å². The second-order valence-electron chi connectivity index (χ2n) is 5.23. The van der Waals surface area contributed by atoms with Gasteiger partial charge >= 0.3 is 0 Å². The van der Waals surface area contributed by atoms with Crippen LogP contribution in [0.5, 0.6) is 0 Å². The Labute approximate surface area is 138 Å². The third-order valence-electron chi connectivity index (χ3n) is 2.95. The summed E-state index contributed by atoms with van der Waals surface area (Å²) in [5.74, 6) is 0.359. The van der Waals surface area contributed by atoms with E-state index in [1.807, 2.05) is 0 Å². The summed E-state index contributed by atoms with van der Waals surface area (Å²) >= 11 is 3.11. The van der Waals surface area contributed by atoms with Crippen LogP contribution in [0.1, 0.15) is 43.5 Å². The van der Waals surface area contributed by atoms with E-state index in [0.29, 0.717) is 16.9 Å². The average molecular weight is 397 g/mol. The SMILES string of the molecule is CC(C)CCCCNC(=O)c1ccc(Br)c(S(=O)(=O)Cl)c1. The molecule has 1 amide bonds. The Morgan fingerprint density at radius 1 is 1.33 bits per heavy atom. The summed E-state index contributed by atoms with van der Waals surface area (Å²) in [5, 5.41) is 2.78. The molecule has 0 aliphatic heterocycles. The van der Waals surface area contributed by atoms with Crippen LogP contribution in [0.2, 0.25) is 0 Å². The second kappa shape index (κ2) is 8.15. The van der Waals surface area contributed by atoms with Crippen LogP contribution < -0.4 is 5.32 Å². The Hall–Kier alpha value is -0.590. The van der Waals surface area contributed by atoms with Crippen molar-refractivity contribution in [3.63, 3.8) is 0 Å². The van der Waals surface area contributed by atoms with Crippen LogP contribution in [0.15, 0.2) is 27.6 Å². The van der Waals surface area contributed by atoms with E-state index in [9.17, 15) is 13.2 Å². The lowest BCUT2D eigenvalue weighted by Crippen LogP contribution is -2.24. The van der Waals surface area contributed by atoms with Gasteiger partial charge in [-0.05, 0) is 46.5 Å². The molecular weight excluding hydrogens is 378 g/mol. The first kappa shape index (κ1) is 18.5. The number of benzene rings is 1. The lowest BCUT2D eigenvalue weighted by Gasteiger charge is -2.08. The number of halogens is 2. The summed E-state index contributed by atoms with van der Waals surface area (Å²) in [6.07, 6.45) is 3.09. The molecule has 118 valence electrons. The average Bonchev–Trinajstić information content (AvgIpc) is 2.36. The fraction of sp³-hybridized carbons (Fsp3) is 0.500. The van der Waals surface area contributed by atoms with Crippen LogP contribution in [-0.4, -0.2) is 20.9 Å². The summed E-state index contributed by atoms with van der Waals surface area (Å²) in [6, 6.07) is 4.33. The molecule has 0 bridgehead atoms. The van der Waals surface area contributed by atoms with Gasteiger partial charge in [-0.15, -0.1) is 0 Å². The summed E-state index contributed by atoms with van der Waals surface area (Å²) in [7, 11) is 1.44. The third-order valence-corrected chi connectivity index (χ3v) is 5.27. The Kier molecular flexibility index (Phi) is 7.16. The Balaban J connectivity index is 2.63. The summed E-state index contributed by atoms with van der Waals surface area (Å²) in [6.45, 7) is 4.90. The largest absolute Gasteiger partial charge is 0.352 e. The number of hydrogen-bond acceptors (Lipinski definition) is 3. The normalized spacial score (nSPS) is 11.7. The van der Waals surface area contributed by atoms with E-state index in [2.05, 4.69) is 35.1 Å². The van der Waals surface area contributed by atoms with E-state index in [-0.39, 0.29) is 16.4 Å². The second-order valence-corrected chi connectivity index (χ2v) is 8.62. The number of carbonyl (C=O) groups excluding carboxylic acids is 1. The van der Waals surface area contributed by atoms with Gasteiger partial charge in [0.05, 0.1) is 4.90 Å². The van der Waals surface area contributed by atoms with E-state index in [0.717, 1.165) is 19.3 Å². The zero-order valence-electron chi connectivity index (χ0n) is 12.0. The number of carbonyl (C=O) groups is 1. The fourth-order valence-corrected chi connectivity index (χ4v) is 3.93. The molecule has 0 spiro atoms. The van der Waals surface area contributed by atoms with E-state index in [4.69, 9.17) is 10.7 Å². The van der Waals surface area contributed by atoms with Crippen LogP contribution >= 0.6 is 26.6 Å². The Bertz CT molecular complexity index is 602. The molecule has 1 aromatic carbocycles. The molecule has 0 radical (unpaired) electrons. The predicted molar refractivity (Wildman–Crippen MR) is 88.2 cm³/mol. The molecule has 7 heteroatoms. The van der Waals surface area contributed by atoms with E-state index < -0.39 is 9.05 Å². The molecule has 0 unspecified atom stereocenters. The van der Waals surface area contributed by atoms with Crippen molar-refractivity contribution in [3.8, 4) is 0 Å². The monoisotopic (exact) mass is 395 g/mol. The molecule has 4 nitrogen and oxygen atoms in total. The molecular formula is C14H19BrClNO3S. The first-order valence-electron chi connectivity index (χ1n) is 6.74. The number of rotatable bonds is 7. The van der Waals surface area contributed by atoms with E-state index in [1.165, 1.54) is 12.1 Å². The standard InChI is InChI=1S/C14H19BrClNO3S/c1-10(2)5-3-4-8-17-14(18)11-6-7-12(15)13(9-11)21(16,19)20/h6-7,9-10H,3-5,8H2,1-2H3,(H,17,18). The molecule has 21 heavy (non-hydrogen) atoms. The minimum absolute atomic E-state index is 0.100. The fourth-order valence-electron chi connectivity index (χ4n) is 1.81. The van der Waals surface area contributed by atoms with Crippen LogP contribution in [0, 0.1) is 5.92 Å². The van der Waals surface area contributed by atoms with Crippen LogP contribution in [0.3, 0.4) is 0 Å². The van der Waals surface area contributed by atoms with Gasteiger partial charge in [-0.1, -0.05) is 26.7 Å². The van der Waals surface area contributed by atoms with Crippen LogP contribution in [0.4, 0.5) is 0 Å². The van der Waals surface area contributed by atoms with Gasteiger partial charge in [0.15, 0.2) is 0 Å². The van der Waals surface area contributed by atoms with Crippen molar-refractivity contribution in [2.24, 2.45) is 5.92 Å². The van der Waals surface area contributed by atoms with Crippen LogP contribution in [0.25, 0.3) is 0 Å². The van der Waals surface area contributed by atoms with Crippen molar-refractivity contribution in [1.29, 1.82) is 0 Å². The lowest BCUT2D eigenvalue weighted by atomic mass is 10.1. The number of amides is 1. The molecule has 1 rings (SSSR count). The number of unbranched alkanes of at least 4 members (excludes halogenated alkanes) is 1. The van der Waals surface area contributed by atoms with Gasteiger partial charge in [0, 0.05) is 27.3 Å². The summed E-state index contributed by atoms with van der Waals surface area (Å²) < 4.78 is 23.1.